The summed E-state index contributed by atoms with van der Waals surface area (Å²) < 4.78 is 6.87. The number of carbonyl (C=O) groups excluding carboxylic acids is 3. The first-order valence-electron chi connectivity index (χ1n) is 15.5. The number of ether oxygens (including phenoxy) is 1. The number of hydrogen-bond acceptors (Lipinski definition) is 5. The molecule has 2 unspecified atom stereocenters. The molecule has 3 heterocycles. The van der Waals surface area contributed by atoms with E-state index in [-0.39, 0.29) is 36.3 Å². The quantitative estimate of drug-likeness (QED) is 0.347. The van der Waals surface area contributed by atoms with Crippen molar-refractivity contribution in [1.29, 1.82) is 0 Å². The molecule has 8 heteroatoms. The van der Waals surface area contributed by atoms with Crippen LogP contribution in [0.15, 0.2) is 25.3 Å². The van der Waals surface area contributed by atoms with Gasteiger partial charge in [-0.25, -0.2) is 0 Å². The summed E-state index contributed by atoms with van der Waals surface area (Å²) in [5.74, 6) is -1.68. The highest BCUT2D eigenvalue weighted by molar-refractivity contribution is 5.99. The first-order chi connectivity index (χ1) is 19.1. The summed E-state index contributed by atoms with van der Waals surface area (Å²) >= 11 is 0. The second kappa shape index (κ2) is 12.4. The zero-order valence-corrected chi connectivity index (χ0v) is 25.1. The first kappa shape index (κ1) is 30.8. The molecule has 0 aromatic rings. The van der Waals surface area contributed by atoms with E-state index < -0.39 is 35.1 Å². The third-order valence-corrected chi connectivity index (χ3v) is 9.84. The van der Waals surface area contributed by atoms with Crippen molar-refractivity contribution < 1.29 is 24.2 Å². The normalized spacial score (nSPS) is 32.3. The third kappa shape index (κ3) is 5.15. The smallest absolute Gasteiger partial charge is 0.248 e. The number of fused-ring (bicyclic) bond motifs is 1. The summed E-state index contributed by atoms with van der Waals surface area (Å²) in [6.07, 6.45) is 11.2. The number of amides is 3. The van der Waals surface area contributed by atoms with Crippen LogP contribution >= 0.6 is 0 Å². The molecular formula is C32H51N3O5. The molecule has 1 saturated carbocycles. The molecule has 0 aromatic carbocycles. The molecule has 8 nitrogen and oxygen atoms in total. The van der Waals surface area contributed by atoms with E-state index in [1.165, 1.54) is 0 Å². The number of aliphatic hydroxyl groups excluding tert-OH is 1. The summed E-state index contributed by atoms with van der Waals surface area (Å²) in [5.41, 5.74) is -1.91. The average molecular weight is 558 g/mol. The number of nitrogens with zero attached hydrogens (tertiary/aromatic N) is 3. The number of aliphatic hydroxyl groups is 1. The van der Waals surface area contributed by atoms with E-state index in [9.17, 15) is 19.5 Å². The van der Waals surface area contributed by atoms with Crippen LogP contribution in [-0.4, -0.2) is 93.1 Å². The van der Waals surface area contributed by atoms with E-state index >= 15 is 0 Å². The number of hydrogen-bond donors (Lipinski definition) is 1. The Hall–Kier alpha value is -2.19. The Kier molecular flexibility index (Phi) is 9.50. The van der Waals surface area contributed by atoms with Gasteiger partial charge < -0.3 is 24.5 Å². The van der Waals surface area contributed by atoms with Crippen molar-refractivity contribution in [3.8, 4) is 0 Å². The average Bonchev–Trinajstić information content (AvgIpc) is 3.50. The van der Waals surface area contributed by atoms with Crippen LogP contribution in [0.1, 0.15) is 85.5 Å². The largest absolute Gasteiger partial charge is 0.394 e. The molecule has 4 rings (SSSR count). The van der Waals surface area contributed by atoms with Crippen molar-refractivity contribution in [3.05, 3.63) is 25.3 Å². The highest BCUT2D eigenvalue weighted by Crippen LogP contribution is 2.64. The fourth-order valence-corrected chi connectivity index (χ4v) is 8.25. The zero-order chi connectivity index (χ0) is 29.2. The number of likely N-dealkylation sites (tertiary alicyclic amines) is 1. The highest BCUT2D eigenvalue weighted by atomic mass is 16.5. The third-order valence-electron chi connectivity index (χ3n) is 9.84. The van der Waals surface area contributed by atoms with Gasteiger partial charge in [0.1, 0.15) is 11.6 Å². The molecule has 1 aliphatic carbocycles. The summed E-state index contributed by atoms with van der Waals surface area (Å²) in [4.78, 5) is 48.8. The van der Waals surface area contributed by atoms with Crippen molar-refractivity contribution in [2.24, 2.45) is 17.8 Å². The predicted molar refractivity (Wildman–Crippen MR) is 155 cm³/mol. The van der Waals surface area contributed by atoms with Gasteiger partial charge in [0.2, 0.25) is 17.7 Å². The van der Waals surface area contributed by atoms with Crippen LogP contribution in [0.2, 0.25) is 0 Å². The summed E-state index contributed by atoms with van der Waals surface area (Å²) in [5, 5.41) is 10.6. The second-order valence-corrected chi connectivity index (χ2v) is 13.1. The standard InChI is InChI=1S/C32H51N3O5/c1-7-17-33(18-8-2)28(37)25-26-29(38)35(24(21-36)20-22(4)5)27(32(26)16-15-31(25,6)40-32)30(39)34(19-9-3)23-13-11-10-12-14-23/h7,9,22-27,36H,1,3,8,10-21H2,2,4-6H3/t24-,25+,26+,27?,31-,32?/m1/s1. The van der Waals surface area contributed by atoms with Crippen molar-refractivity contribution in [2.45, 2.75) is 115 Å². The Bertz CT molecular complexity index is 978. The summed E-state index contributed by atoms with van der Waals surface area (Å²) in [7, 11) is 0. The van der Waals surface area contributed by atoms with Gasteiger partial charge in [-0.05, 0) is 51.4 Å². The predicted octanol–water partition coefficient (Wildman–Crippen LogP) is 3.93. The lowest BCUT2D eigenvalue weighted by atomic mass is 9.66. The second-order valence-electron chi connectivity index (χ2n) is 13.1. The molecule has 0 radical (unpaired) electrons. The van der Waals surface area contributed by atoms with Crippen LogP contribution in [0.3, 0.4) is 0 Å². The van der Waals surface area contributed by atoms with Crippen LogP contribution in [-0.2, 0) is 19.1 Å². The molecule has 40 heavy (non-hydrogen) atoms. The lowest BCUT2D eigenvalue weighted by Crippen LogP contribution is -2.60. The number of rotatable bonds is 13. The van der Waals surface area contributed by atoms with Gasteiger partial charge in [-0.1, -0.05) is 52.2 Å². The van der Waals surface area contributed by atoms with E-state index in [4.69, 9.17) is 4.74 Å². The van der Waals surface area contributed by atoms with E-state index in [0.29, 0.717) is 38.9 Å². The maximum atomic E-state index is 14.8. The van der Waals surface area contributed by atoms with Crippen LogP contribution in [0, 0.1) is 17.8 Å². The molecule has 3 saturated heterocycles. The molecule has 3 amide bonds. The topological polar surface area (TPSA) is 90.4 Å². The van der Waals surface area contributed by atoms with E-state index in [2.05, 4.69) is 27.0 Å². The maximum absolute atomic E-state index is 14.8. The fourth-order valence-electron chi connectivity index (χ4n) is 8.25. The molecule has 0 aromatic heterocycles. The lowest BCUT2D eigenvalue weighted by molar-refractivity contribution is -0.158. The molecule has 4 aliphatic rings. The SMILES string of the molecule is C=CCN(CCC)C(=O)[C@@H]1[C@H]2C(=O)N([C@@H](CO)CC(C)C)C(C(=O)N(CC=C)C3CCCCC3)C23CC[C@@]1(C)O3. The minimum absolute atomic E-state index is 0.0867. The van der Waals surface area contributed by atoms with Crippen molar-refractivity contribution in [1.82, 2.24) is 14.7 Å². The summed E-state index contributed by atoms with van der Waals surface area (Å²) in [6, 6.07) is -1.31. The lowest BCUT2D eigenvalue weighted by Gasteiger charge is -2.42. The van der Waals surface area contributed by atoms with Crippen molar-refractivity contribution in [3.63, 3.8) is 0 Å². The van der Waals surface area contributed by atoms with Gasteiger partial charge in [-0.15, -0.1) is 13.2 Å². The first-order valence-corrected chi connectivity index (χ1v) is 15.5. The van der Waals surface area contributed by atoms with E-state index in [1.807, 2.05) is 18.7 Å². The van der Waals surface area contributed by atoms with Crippen LogP contribution in [0.25, 0.3) is 0 Å². The zero-order valence-electron chi connectivity index (χ0n) is 25.1. The summed E-state index contributed by atoms with van der Waals surface area (Å²) in [6.45, 7) is 17.0. The maximum Gasteiger partial charge on any atom is 0.248 e. The molecule has 4 fully saturated rings. The Morgan fingerprint density at radius 1 is 1.12 bits per heavy atom. The van der Waals surface area contributed by atoms with Gasteiger partial charge in [-0.3, -0.25) is 14.4 Å². The van der Waals surface area contributed by atoms with Gasteiger partial charge in [0.05, 0.1) is 30.1 Å². The van der Waals surface area contributed by atoms with Gasteiger partial charge in [0, 0.05) is 25.7 Å². The fraction of sp³-hybridized carbons (Fsp3) is 0.781. The van der Waals surface area contributed by atoms with Gasteiger partial charge in [-0.2, -0.15) is 0 Å². The molecule has 224 valence electrons. The van der Waals surface area contributed by atoms with Gasteiger partial charge in [0.25, 0.3) is 0 Å². The van der Waals surface area contributed by atoms with Crippen LogP contribution in [0.4, 0.5) is 0 Å². The minimum atomic E-state index is -1.09. The Morgan fingerprint density at radius 2 is 1.80 bits per heavy atom. The molecule has 1 N–H and O–H groups in total. The molecule has 6 atom stereocenters. The van der Waals surface area contributed by atoms with E-state index in [1.54, 1.807) is 22.0 Å². The number of carbonyl (C=O) groups is 3. The van der Waals surface area contributed by atoms with Crippen LogP contribution in [0.5, 0.6) is 0 Å². The Balaban J connectivity index is 1.81. The molecular weight excluding hydrogens is 506 g/mol. The molecule has 3 aliphatic heterocycles. The minimum Gasteiger partial charge on any atom is -0.394 e. The highest BCUT2D eigenvalue weighted by Gasteiger charge is 2.79. The van der Waals surface area contributed by atoms with Crippen molar-refractivity contribution in [2.75, 3.05) is 26.2 Å². The monoisotopic (exact) mass is 557 g/mol. The van der Waals surface area contributed by atoms with E-state index in [0.717, 1.165) is 38.5 Å². The molecule has 1 spiro atoms. The molecule has 2 bridgehead atoms. The Labute approximate surface area is 240 Å². The Morgan fingerprint density at radius 3 is 2.38 bits per heavy atom. The van der Waals surface area contributed by atoms with Crippen molar-refractivity contribution >= 4 is 17.7 Å². The van der Waals surface area contributed by atoms with Gasteiger partial charge in [0.15, 0.2) is 0 Å². The van der Waals surface area contributed by atoms with Crippen LogP contribution < -0.4 is 0 Å². The van der Waals surface area contributed by atoms with Gasteiger partial charge >= 0.3 is 0 Å².